The van der Waals surface area contributed by atoms with Crippen LogP contribution in [0.3, 0.4) is 0 Å². The predicted molar refractivity (Wildman–Crippen MR) is 92.0 cm³/mol. The molecule has 0 aliphatic carbocycles. The van der Waals surface area contributed by atoms with Crippen molar-refractivity contribution in [2.75, 3.05) is 0 Å². The summed E-state index contributed by atoms with van der Waals surface area (Å²) in [6.07, 6.45) is 0.0186. The number of nitrogens with one attached hydrogen (secondary N) is 1. The second-order valence-electron chi connectivity index (χ2n) is 5.22. The molecule has 0 saturated carbocycles. The van der Waals surface area contributed by atoms with Crippen molar-refractivity contribution in [3.63, 3.8) is 0 Å². The number of hydrogen-bond donors (Lipinski definition) is 2. The average Bonchev–Trinajstić information content (AvgIpc) is 2.73. The molecule has 1 atom stereocenters. The second kappa shape index (κ2) is 7.42. The first-order valence-electron chi connectivity index (χ1n) is 6.86. The van der Waals surface area contributed by atoms with E-state index in [1.807, 2.05) is 0 Å². The Hall–Kier alpha value is -1.76. The minimum atomic E-state index is -1.19. The van der Waals surface area contributed by atoms with Gasteiger partial charge in [0.1, 0.15) is 6.04 Å². The van der Waals surface area contributed by atoms with Crippen molar-refractivity contribution < 1.29 is 14.7 Å². The van der Waals surface area contributed by atoms with Crippen LogP contribution in [0.4, 0.5) is 0 Å². The van der Waals surface area contributed by atoms with Crippen molar-refractivity contribution in [3.8, 4) is 0 Å². The summed E-state index contributed by atoms with van der Waals surface area (Å²) >= 11 is 17.9. The van der Waals surface area contributed by atoms with Crippen LogP contribution >= 0.6 is 34.8 Å². The van der Waals surface area contributed by atoms with Gasteiger partial charge in [-0.3, -0.25) is 9.48 Å². The van der Waals surface area contributed by atoms with Gasteiger partial charge in [0.2, 0.25) is 0 Å². The highest BCUT2D eigenvalue weighted by Gasteiger charge is 2.25. The fraction of sp³-hybridized carbons (Fsp3) is 0.267. The molecule has 0 spiro atoms. The molecule has 1 unspecified atom stereocenters. The Morgan fingerprint density at radius 1 is 1.25 bits per heavy atom. The number of hydrogen-bond acceptors (Lipinski definition) is 3. The Bertz CT molecular complexity index is 784. The summed E-state index contributed by atoms with van der Waals surface area (Å²) in [6.45, 7) is 1.70. The summed E-state index contributed by atoms with van der Waals surface area (Å²) < 4.78 is 1.45. The highest BCUT2D eigenvalue weighted by molar-refractivity contribution is 6.35. The summed E-state index contributed by atoms with van der Waals surface area (Å²) in [5, 5.41) is 16.7. The summed E-state index contributed by atoms with van der Waals surface area (Å²) in [7, 11) is 1.64. The van der Waals surface area contributed by atoms with E-state index in [0.29, 0.717) is 21.3 Å². The third kappa shape index (κ3) is 4.20. The number of carboxylic acids is 1. The molecule has 0 bridgehead atoms. The van der Waals surface area contributed by atoms with Gasteiger partial charge in [0, 0.05) is 23.5 Å². The number of aryl methyl sites for hydroxylation is 1. The Morgan fingerprint density at radius 2 is 1.83 bits per heavy atom. The number of nitrogens with zero attached hydrogens (tertiary/aromatic N) is 2. The molecule has 6 nitrogen and oxygen atoms in total. The molecule has 1 heterocycles. The molecule has 24 heavy (non-hydrogen) atoms. The third-order valence-electron chi connectivity index (χ3n) is 3.44. The topological polar surface area (TPSA) is 84.2 Å². The lowest BCUT2D eigenvalue weighted by Crippen LogP contribution is -2.42. The van der Waals surface area contributed by atoms with Crippen LogP contribution in [-0.4, -0.2) is 32.8 Å². The molecule has 0 aliphatic rings. The van der Waals surface area contributed by atoms with Crippen molar-refractivity contribution in [2.24, 2.45) is 7.05 Å². The van der Waals surface area contributed by atoms with Crippen LogP contribution in [0.5, 0.6) is 0 Å². The molecule has 2 N–H and O–H groups in total. The summed E-state index contributed by atoms with van der Waals surface area (Å²) in [5.41, 5.74) is 1.17. The van der Waals surface area contributed by atoms with Crippen molar-refractivity contribution in [2.45, 2.75) is 19.4 Å². The van der Waals surface area contributed by atoms with Crippen LogP contribution in [-0.2, 0) is 18.3 Å². The van der Waals surface area contributed by atoms with Gasteiger partial charge in [-0.25, -0.2) is 4.79 Å². The predicted octanol–water partition coefficient (Wildman–Crippen LogP) is 3.11. The largest absolute Gasteiger partial charge is 0.480 e. The zero-order valence-electron chi connectivity index (χ0n) is 12.8. The maximum Gasteiger partial charge on any atom is 0.326 e. The van der Waals surface area contributed by atoms with Gasteiger partial charge in [-0.15, -0.1) is 0 Å². The molecule has 128 valence electrons. The fourth-order valence-corrected chi connectivity index (χ4v) is 2.94. The Labute approximate surface area is 153 Å². The van der Waals surface area contributed by atoms with Crippen molar-refractivity contribution in [1.82, 2.24) is 15.1 Å². The molecule has 1 aromatic heterocycles. The quantitative estimate of drug-likeness (QED) is 0.821. The lowest BCUT2D eigenvalue weighted by molar-refractivity contribution is -0.139. The van der Waals surface area contributed by atoms with E-state index >= 15 is 0 Å². The van der Waals surface area contributed by atoms with Gasteiger partial charge in [-0.1, -0.05) is 34.8 Å². The van der Waals surface area contributed by atoms with Gasteiger partial charge in [0.25, 0.3) is 5.91 Å². The molecule has 0 radical (unpaired) electrons. The number of carbonyl (C=O) groups excluding carboxylic acids is 1. The van der Waals surface area contributed by atoms with Crippen LogP contribution in [0.2, 0.25) is 15.1 Å². The molecule has 9 heteroatoms. The smallest absolute Gasteiger partial charge is 0.326 e. The zero-order valence-corrected chi connectivity index (χ0v) is 15.1. The molecular weight excluding hydrogens is 377 g/mol. The van der Waals surface area contributed by atoms with Gasteiger partial charge in [0.05, 0.1) is 10.7 Å². The zero-order chi connectivity index (χ0) is 18.0. The lowest BCUT2D eigenvalue weighted by Gasteiger charge is -2.14. The van der Waals surface area contributed by atoms with Gasteiger partial charge in [-0.2, -0.15) is 5.10 Å². The Morgan fingerprint density at radius 3 is 2.29 bits per heavy atom. The number of rotatable bonds is 5. The molecular formula is C15H14Cl3N3O3. The SMILES string of the molecule is Cc1c(Cl)c(C(=O)NC(Cc2cc(Cl)cc(Cl)c2)C(=O)O)nn1C. The van der Waals surface area contributed by atoms with E-state index in [9.17, 15) is 14.7 Å². The number of amides is 1. The van der Waals surface area contributed by atoms with E-state index in [-0.39, 0.29) is 17.1 Å². The molecule has 0 aliphatic heterocycles. The molecule has 0 saturated heterocycles. The number of carbonyl (C=O) groups is 2. The molecule has 1 amide bonds. The molecule has 1 aromatic carbocycles. The van der Waals surface area contributed by atoms with Crippen LogP contribution in [0.15, 0.2) is 18.2 Å². The third-order valence-corrected chi connectivity index (χ3v) is 4.33. The normalized spacial score (nSPS) is 12.0. The second-order valence-corrected chi connectivity index (χ2v) is 6.47. The molecule has 2 aromatic rings. The monoisotopic (exact) mass is 389 g/mol. The van der Waals surface area contributed by atoms with Crippen molar-refractivity contribution in [3.05, 3.63) is 50.2 Å². The van der Waals surface area contributed by atoms with Crippen LogP contribution < -0.4 is 5.32 Å². The van der Waals surface area contributed by atoms with E-state index in [4.69, 9.17) is 34.8 Å². The van der Waals surface area contributed by atoms with E-state index in [1.54, 1.807) is 26.1 Å². The van der Waals surface area contributed by atoms with E-state index in [2.05, 4.69) is 10.4 Å². The number of aromatic nitrogens is 2. The highest BCUT2D eigenvalue weighted by atomic mass is 35.5. The van der Waals surface area contributed by atoms with Crippen LogP contribution in [0.1, 0.15) is 21.7 Å². The number of carboxylic acid groups (broad SMARTS) is 1. The Kier molecular flexibility index (Phi) is 5.74. The Balaban J connectivity index is 2.20. The molecule has 0 fully saturated rings. The number of benzene rings is 1. The van der Waals surface area contributed by atoms with Crippen molar-refractivity contribution in [1.29, 1.82) is 0 Å². The maximum atomic E-state index is 12.3. The lowest BCUT2D eigenvalue weighted by atomic mass is 10.1. The summed E-state index contributed by atoms with van der Waals surface area (Å²) in [4.78, 5) is 23.7. The van der Waals surface area contributed by atoms with Crippen molar-refractivity contribution >= 4 is 46.7 Å². The van der Waals surface area contributed by atoms with Crippen LogP contribution in [0.25, 0.3) is 0 Å². The first-order valence-corrected chi connectivity index (χ1v) is 8.00. The van der Waals surface area contributed by atoms with Crippen LogP contribution in [0, 0.1) is 6.92 Å². The van der Waals surface area contributed by atoms with E-state index in [0.717, 1.165) is 0 Å². The number of halogens is 3. The fourth-order valence-electron chi connectivity index (χ4n) is 2.12. The van der Waals surface area contributed by atoms with Gasteiger partial charge in [-0.05, 0) is 30.7 Å². The van der Waals surface area contributed by atoms with Gasteiger partial charge >= 0.3 is 5.97 Å². The van der Waals surface area contributed by atoms with E-state index < -0.39 is 17.9 Å². The summed E-state index contributed by atoms with van der Waals surface area (Å²) in [6, 6.07) is 3.54. The standard InChI is InChI=1S/C15H14Cl3N3O3/c1-7-12(18)13(20-21(7)2)14(22)19-11(15(23)24)5-8-3-9(16)6-10(17)4-8/h3-4,6,11H,5H2,1-2H3,(H,19,22)(H,23,24). The summed E-state index contributed by atoms with van der Waals surface area (Å²) in [5.74, 6) is -1.85. The first-order chi connectivity index (χ1) is 11.2. The van der Waals surface area contributed by atoms with Gasteiger partial charge < -0.3 is 10.4 Å². The maximum absolute atomic E-state index is 12.3. The first kappa shape index (κ1) is 18.6. The molecule has 2 rings (SSSR count). The van der Waals surface area contributed by atoms with E-state index in [1.165, 1.54) is 10.7 Å². The van der Waals surface area contributed by atoms with Gasteiger partial charge in [0.15, 0.2) is 5.69 Å². The minimum absolute atomic E-state index is 0.0186. The number of aliphatic carboxylic acids is 1. The minimum Gasteiger partial charge on any atom is -0.480 e. The average molecular weight is 391 g/mol. The highest BCUT2D eigenvalue weighted by Crippen LogP contribution is 2.21.